The van der Waals surface area contributed by atoms with Crippen LogP contribution in [0.2, 0.25) is 0 Å². The Morgan fingerprint density at radius 3 is 2.53 bits per heavy atom. The summed E-state index contributed by atoms with van der Waals surface area (Å²) in [6, 6.07) is 7.06. The van der Waals surface area contributed by atoms with E-state index in [9.17, 15) is 9.59 Å². The molecule has 0 saturated heterocycles. The smallest absolute Gasteiger partial charge is 0.271 e. The zero-order chi connectivity index (χ0) is 21.9. The second-order valence-electron chi connectivity index (χ2n) is 6.54. The predicted octanol–water partition coefficient (Wildman–Crippen LogP) is 4.79. The Labute approximate surface area is 194 Å². The summed E-state index contributed by atoms with van der Waals surface area (Å²) in [4.78, 5) is 34.3. The maximum atomic E-state index is 12.9. The highest BCUT2D eigenvalue weighted by Crippen LogP contribution is 2.20. The summed E-state index contributed by atoms with van der Waals surface area (Å²) in [6.45, 7) is 4.16. The lowest BCUT2D eigenvalue weighted by Gasteiger charge is -2.18. The minimum Gasteiger partial charge on any atom is -0.339 e. The van der Waals surface area contributed by atoms with Crippen molar-refractivity contribution in [2.45, 2.75) is 44.3 Å². The van der Waals surface area contributed by atoms with Gasteiger partial charge in [0.05, 0.1) is 4.47 Å². The average molecular weight is 512 g/mol. The fourth-order valence-electron chi connectivity index (χ4n) is 2.56. The molecule has 2 N–H and O–H groups in total. The maximum absolute atomic E-state index is 12.9. The van der Waals surface area contributed by atoms with Crippen LogP contribution in [-0.2, 0) is 11.2 Å². The summed E-state index contributed by atoms with van der Waals surface area (Å²) in [5.41, 5.74) is 2.14. The lowest BCUT2D eigenvalue weighted by atomic mass is 10.1. The van der Waals surface area contributed by atoms with E-state index in [-0.39, 0.29) is 11.6 Å². The molecule has 1 atom stereocenters. The number of hydrogen-bond donors (Lipinski definition) is 2. The number of thioether (sulfide) groups is 2. The van der Waals surface area contributed by atoms with Gasteiger partial charge in [-0.1, -0.05) is 37.7 Å². The number of aromatic nitrogens is 2. The van der Waals surface area contributed by atoms with Crippen molar-refractivity contribution in [1.29, 1.82) is 0 Å². The minimum absolute atomic E-state index is 0.234. The highest BCUT2D eigenvalue weighted by atomic mass is 79.9. The molecular weight excluding hydrogens is 484 g/mol. The van der Waals surface area contributed by atoms with Gasteiger partial charge in [0, 0.05) is 17.6 Å². The van der Waals surface area contributed by atoms with Gasteiger partial charge >= 0.3 is 0 Å². The molecule has 2 aromatic rings. The maximum Gasteiger partial charge on any atom is 0.271 e. The molecule has 2 amide bonds. The molecule has 0 aliphatic carbocycles. The third kappa shape index (κ3) is 7.59. The topological polar surface area (TPSA) is 84.0 Å². The van der Waals surface area contributed by atoms with Gasteiger partial charge in [-0.05, 0) is 64.9 Å². The molecule has 1 unspecified atom stereocenters. The third-order valence-electron chi connectivity index (χ3n) is 4.23. The first-order valence-electron chi connectivity index (χ1n) is 9.83. The number of carbonyl (C=O) groups excluding carboxylic acids is 2. The van der Waals surface area contributed by atoms with Gasteiger partial charge in [-0.25, -0.2) is 9.97 Å². The van der Waals surface area contributed by atoms with Crippen LogP contribution in [0.3, 0.4) is 0 Å². The van der Waals surface area contributed by atoms with Crippen molar-refractivity contribution in [2.75, 3.05) is 23.1 Å². The van der Waals surface area contributed by atoms with Gasteiger partial charge in [-0.15, -0.1) is 0 Å². The van der Waals surface area contributed by atoms with Gasteiger partial charge in [-0.3, -0.25) is 9.59 Å². The molecular formula is C21H27BrN4O2S2. The second-order valence-corrected chi connectivity index (χ2v) is 9.45. The first kappa shape index (κ1) is 24.7. The number of nitrogens with one attached hydrogen (secondary N) is 2. The molecule has 30 heavy (non-hydrogen) atoms. The molecule has 0 aliphatic heterocycles. The first-order chi connectivity index (χ1) is 14.5. The molecule has 2 rings (SSSR count). The number of hydrogen-bond acceptors (Lipinski definition) is 6. The Morgan fingerprint density at radius 1 is 1.17 bits per heavy atom. The van der Waals surface area contributed by atoms with Crippen LogP contribution in [0.15, 0.2) is 40.1 Å². The van der Waals surface area contributed by atoms with E-state index in [2.05, 4.69) is 50.4 Å². The Kier molecular flexibility index (Phi) is 10.7. The predicted molar refractivity (Wildman–Crippen MR) is 129 cm³/mol. The van der Waals surface area contributed by atoms with Crippen molar-refractivity contribution in [3.63, 3.8) is 0 Å². The number of benzene rings is 1. The molecule has 1 aromatic carbocycles. The summed E-state index contributed by atoms with van der Waals surface area (Å²) >= 11 is 6.47. The SMILES string of the molecule is CCCSc1ncc(Br)c(C(=O)NC(CCSC)C(=O)Nc2ccc(CC)cc2)n1. The van der Waals surface area contributed by atoms with E-state index < -0.39 is 11.9 Å². The molecule has 0 spiro atoms. The number of nitrogens with zero attached hydrogens (tertiary/aromatic N) is 2. The van der Waals surface area contributed by atoms with Crippen LogP contribution in [-0.4, -0.2) is 45.6 Å². The van der Waals surface area contributed by atoms with Crippen molar-refractivity contribution >= 4 is 57.0 Å². The van der Waals surface area contributed by atoms with Crippen LogP contribution in [0.4, 0.5) is 5.69 Å². The fraction of sp³-hybridized carbons (Fsp3) is 0.429. The summed E-state index contributed by atoms with van der Waals surface area (Å²) in [7, 11) is 0. The average Bonchev–Trinajstić information content (AvgIpc) is 2.76. The van der Waals surface area contributed by atoms with Crippen LogP contribution < -0.4 is 10.6 Å². The molecule has 0 aliphatic rings. The Morgan fingerprint density at radius 2 is 1.90 bits per heavy atom. The molecule has 162 valence electrons. The molecule has 9 heteroatoms. The largest absolute Gasteiger partial charge is 0.339 e. The number of halogens is 1. The number of rotatable bonds is 11. The number of aryl methyl sites for hydroxylation is 1. The van der Waals surface area contributed by atoms with Gasteiger partial charge in [-0.2, -0.15) is 11.8 Å². The Bertz CT molecular complexity index is 849. The van der Waals surface area contributed by atoms with Gasteiger partial charge in [0.1, 0.15) is 11.7 Å². The monoisotopic (exact) mass is 510 g/mol. The Hall–Kier alpha value is -1.58. The number of anilines is 1. The van der Waals surface area contributed by atoms with Crippen molar-refractivity contribution in [3.05, 3.63) is 46.2 Å². The van der Waals surface area contributed by atoms with E-state index in [1.165, 1.54) is 17.3 Å². The van der Waals surface area contributed by atoms with E-state index in [4.69, 9.17) is 0 Å². The quantitative estimate of drug-likeness (QED) is 0.333. The van der Waals surface area contributed by atoms with Gasteiger partial charge in [0.2, 0.25) is 5.91 Å². The van der Waals surface area contributed by atoms with Crippen LogP contribution >= 0.6 is 39.5 Å². The van der Waals surface area contributed by atoms with E-state index >= 15 is 0 Å². The summed E-state index contributed by atoms with van der Waals surface area (Å²) in [5, 5.41) is 6.29. The van der Waals surface area contributed by atoms with E-state index in [0.717, 1.165) is 24.3 Å². The molecule has 1 heterocycles. The number of carbonyl (C=O) groups is 2. The van der Waals surface area contributed by atoms with Gasteiger partial charge in [0.25, 0.3) is 5.91 Å². The molecule has 0 saturated carbocycles. The minimum atomic E-state index is -0.663. The normalized spacial score (nSPS) is 11.7. The van der Waals surface area contributed by atoms with Gasteiger partial charge in [0.15, 0.2) is 5.16 Å². The molecule has 0 bridgehead atoms. The van der Waals surface area contributed by atoms with Crippen molar-refractivity contribution in [3.8, 4) is 0 Å². The van der Waals surface area contributed by atoms with E-state index in [1.54, 1.807) is 18.0 Å². The summed E-state index contributed by atoms with van der Waals surface area (Å²) in [6.07, 6.45) is 5.99. The van der Waals surface area contributed by atoms with Crippen molar-refractivity contribution in [2.24, 2.45) is 0 Å². The second kappa shape index (κ2) is 13.0. The third-order valence-corrected chi connectivity index (χ3v) is 6.53. The van der Waals surface area contributed by atoms with Crippen molar-refractivity contribution in [1.82, 2.24) is 15.3 Å². The standard InChI is InChI=1S/C21H27BrN4O2S2/c1-4-11-30-21-23-13-16(22)18(26-21)20(28)25-17(10-12-29-3)19(27)24-15-8-6-14(5-2)7-9-15/h6-9,13,17H,4-5,10-12H2,1-3H3,(H,24,27)(H,25,28). The van der Waals surface area contributed by atoms with Crippen LogP contribution in [0, 0.1) is 0 Å². The lowest BCUT2D eigenvalue weighted by molar-refractivity contribution is -0.118. The Balaban J connectivity index is 2.12. The van der Waals surface area contributed by atoms with Crippen LogP contribution in [0.5, 0.6) is 0 Å². The molecule has 1 aromatic heterocycles. The van der Waals surface area contributed by atoms with E-state index in [0.29, 0.717) is 21.7 Å². The molecule has 6 nitrogen and oxygen atoms in total. The highest BCUT2D eigenvalue weighted by molar-refractivity contribution is 9.10. The van der Waals surface area contributed by atoms with Crippen LogP contribution in [0.1, 0.15) is 42.7 Å². The molecule has 0 radical (unpaired) electrons. The zero-order valence-corrected chi connectivity index (χ0v) is 20.6. The molecule has 0 fully saturated rings. The summed E-state index contributed by atoms with van der Waals surface area (Å²) < 4.78 is 0.500. The number of amides is 2. The lowest BCUT2D eigenvalue weighted by Crippen LogP contribution is -2.44. The van der Waals surface area contributed by atoms with Gasteiger partial charge < -0.3 is 10.6 Å². The fourth-order valence-corrected chi connectivity index (χ4v) is 4.07. The zero-order valence-electron chi connectivity index (χ0n) is 17.4. The van der Waals surface area contributed by atoms with Crippen molar-refractivity contribution < 1.29 is 9.59 Å². The first-order valence-corrected chi connectivity index (χ1v) is 13.0. The highest BCUT2D eigenvalue weighted by Gasteiger charge is 2.23. The van der Waals surface area contributed by atoms with E-state index in [1.807, 2.05) is 30.5 Å². The van der Waals surface area contributed by atoms with Crippen LogP contribution in [0.25, 0.3) is 0 Å². The summed E-state index contributed by atoms with van der Waals surface area (Å²) in [5.74, 6) is 0.978.